The van der Waals surface area contributed by atoms with Crippen molar-refractivity contribution in [1.29, 1.82) is 0 Å². The zero-order valence-electron chi connectivity index (χ0n) is 23.0. The van der Waals surface area contributed by atoms with Gasteiger partial charge in [-0.05, 0) is 97.1 Å². The third-order valence-electron chi connectivity index (χ3n) is 6.57. The molecular formula is C36H30BN3O2. The molecule has 6 rings (SSSR count). The predicted octanol–water partition coefficient (Wildman–Crippen LogP) is 8.77. The van der Waals surface area contributed by atoms with E-state index in [1.165, 1.54) is 0 Å². The molecule has 42 heavy (non-hydrogen) atoms. The first-order valence-corrected chi connectivity index (χ1v) is 13.9. The van der Waals surface area contributed by atoms with Crippen molar-refractivity contribution in [2.24, 2.45) is 0 Å². The van der Waals surface area contributed by atoms with Gasteiger partial charge in [-0.2, -0.15) is 0 Å². The summed E-state index contributed by atoms with van der Waals surface area (Å²) in [7, 11) is -0.656. The summed E-state index contributed by atoms with van der Waals surface area (Å²) in [6.45, 7) is 0. The molecule has 0 aliphatic rings. The summed E-state index contributed by atoms with van der Waals surface area (Å²) in [5.41, 5.74) is 6.92. The summed E-state index contributed by atoms with van der Waals surface area (Å²) >= 11 is 0. The van der Waals surface area contributed by atoms with Crippen molar-refractivity contribution >= 4 is 46.7 Å². The average molecular weight is 547 g/mol. The van der Waals surface area contributed by atoms with Crippen LogP contribution < -0.4 is 30.7 Å². The largest absolute Gasteiger partial charge is 0.632 e. The van der Waals surface area contributed by atoms with Crippen molar-refractivity contribution in [1.82, 2.24) is 0 Å². The molecule has 6 heteroatoms. The third kappa shape index (κ3) is 7.31. The van der Waals surface area contributed by atoms with Gasteiger partial charge in [0.25, 0.3) is 0 Å². The predicted molar refractivity (Wildman–Crippen MR) is 175 cm³/mol. The van der Waals surface area contributed by atoms with Gasteiger partial charge >= 0.3 is 7.12 Å². The molecule has 5 nitrogen and oxygen atoms in total. The molecule has 0 atom stereocenters. The first-order chi connectivity index (χ1) is 20.8. The fourth-order valence-electron chi connectivity index (χ4n) is 4.43. The highest BCUT2D eigenvalue weighted by Gasteiger charge is 2.26. The summed E-state index contributed by atoms with van der Waals surface area (Å²) in [5, 5.41) is 10.2. The molecule has 0 saturated carbocycles. The van der Waals surface area contributed by atoms with E-state index in [1.54, 1.807) is 0 Å². The monoisotopic (exact) mass is 547 g/mol. The van der Waals surface area contributed by atoms with Crippen molar-refractivity contribution in [3.63, 3.8) is 0 Å². The maximum atomic E-state index is 6.41. The summed E-state index contributed by atoms with van der Waals surface area (Å²) in [6.07, 6.45) is 0. The van der Waals surface area contributed by atoms with Gasteiger partial charge in [0.1, 0.15) is 11.5 Å². The van der Waals surface area contributed by atoms with Crippen LogP contribution >= 0.6 is 0 Å². The van der Waals surface area contributed by atoms with E-state index in [9.17, 15) is 0 Å². The van der Waals surface area contributed by atoms with E-state index in [2.05, 4.69) is 16.0 Å². The van der Waals surface area contributed by atoms with Crippen LogP contribution in [0.15, 0.2) is 164 Å². The van der Waals surface area contributed by atoms with Gasteiger partial charge in [-0.25, -0.2) is 0 Å². The van der Waals surface area contributed by atoms with Crippen LogP contribution in [0.5, 0.6) is 11.5 Å². The van der Waals surface area contributed by atoms with Crippen LogP contribution in [0.1, 0.15) is 0 Å². The molecule has 0 heterocycles. The fraction of sp³-hybridized carbons (Fsp3) is 0. The Labute approximate surface area is 246 Å². The number of hydrogen-bond acceptors (Lipinski definition) is 5. The molecule has 0 amide bonds. The average Bonchev–Trinajstić information content (AvgIpc) is 3.04. The van der Waals surface area contributed by atoms with Gasteiger partial charge in [-0.15, -0.1) is 0 Å². The first kappa shape index (κ1) is 26.6. The Morgan fingerprint density at radius 3 is 0.929 bits per heavy atom. The molecule has 0 unspecified atom stereocenters. The molecule has 0 aromatic heterocycles. The Kier molecular flexibility index (Phi) is 8.33. The third-order valence-corrected chi connectivity index (χ3v) is 6.57. The molecule has 0 spiro atoms. The second-order valence-corrected chi connectivity index (χ2v) is 9.71. The lowest BCUT2D eigenvalue weighted by Crippen LogP contribution is -2.42. The summed E-state index contributed by atoms with van der Waals surface area (Å²) in [6, 6.07) is 54.1. The van der Waals surface area contributed by atoms with Crippen molar-refractivity contribution < 1.29 is 9.31 Å². The summed E-state index contributed by atoms with van der Waals surface area (Å²) < 4.78 is 12.8. The number of anilines is 6. The normalized spacial score (nSPS) is 10.4. The number of nitrogens with one attached hydrogen (secondary N) is 3. The van der Waals surface area contributed by atoms with Crippen LogP contribution in [-0.4, -0.2) is 7.12 Å². The molecule has 204 valence electrons. The zero-order valence-corrected chi connectivity index (χ0v) is 23.0. The van der Waals surface area contributed by atoms with Gasteiger partial charge in [-0.1, -0.05) is 66.7 Å². The van der Waals surface area contributed by atoms with E-state index in [4.69, 9.17) is 9.31 Å². The smallest absolute Gasteiger partial charge is 0.522 e. The van der Waals surface area contributed by atoms with Crippen LogP contribution in [0.4, 0.5) is 34.1 Å². The van der Waals surface area contributed by atoms with Crippen molar-refractivity contribution in [2.45, 2.75) is 0 Å². The summed E-state index contributed by atoms with van der Waals surface area (Å²) in [4.78, 5) is 0. The van der Waals surface area contributed by atoms with Crippen LogP contribution in [0.25, 0.3) is 0 Å². The molecule has 0 radical (unpaired) electrons. The zero-order chi connectivity index (χ0) is 28.4. The fourth-order valence-corrected chi connectivity index (χ4v) is 4.43. The molecule has 0 saturated heterocycles. The van der Waals surface area contributed by atoms with E-state index in [-0.39, 0.29) is 0 Å². The van der Waals surface area contributed by atoms with Gasteiger partial charge in [0, 0.05) is 39.6 Å². The van der Waals surface area contributed by atoms with Crippen LogP contribution in [0.3, 0.4) is 0 Å². The minimum atomic E-state index is -0.656. The molecule has 3 N–H and O–H groups in total. The van der Waals surface area contributed by atoms with Gasteiger partial charge in [0.15, 0.2) is 0 Å². The standard InChI is InChI=1S/C36H30BN3O2/c1-4-10-29(11-5-1)38-32-18-16-28(17-19-32)37(41-35-24-20-33(21-25-35)39-30-12-6-2-7-13-30)42-36-26-22-34(23-27-36)40-31-14-8-3-9-15-31/h1-27,38-40H. The van der Waals surface area contributed by atoms with E-state index >= 15 is 0 Å². The maximum Gasteiger partial charge on any atom is 0.632 e. The lowest BCUT2D eigenvalue weighted by Gasteiger charge is -2.18. The second kappa shape index (κ2) is 13.2. The van der Waals surface area contributed by atoms with Crippen LogP contribution in [0, 0.1) is 0 Å². The number of benzene rings is 6. The van der Waals surface area contributed by atoms with Gasteiger partial charge in [0.2, 0.25) is 0 Å². The molecule has 0 fully saturated rings. The van der Waals surface area contributed by atoms with E-state index in [0.717, 1.165) is 39.6 Å². The van der Waals surface area contributed by atoms with Crippen LogP contribution in [0.2, 0.25) is 0 Å². The molecule has 0 aliphatic heterocycles. The molecule has 6 aromatic carbocycles. The number of para-hydroxylation sites is 3. The van der Waals surface area contributed by atoms with Crippen molar-refractivity contribution in [3.05, 3.63) is 164 Å². The van der Waals surface area contributed by atoms with E-state index in [0.29, 0.717) is 11.5 Å². The Morgan fingerprint density at radius 1 is 0.310 bits per heavy atom. The Balaban J connectivity index is 1.19. The van der Waals surface area contributed by atoms with E-state index < -0.39 is 7.12 Å². The lowest BCUT2D eigenvalue weighted by atomic mass is 9.78. The topological polar surface area (TPSA) is 54.5 Å². The quantitative estimate of drug-likeness (QED) is 0.142. The number of hydrogen-bond donors (Lipinski definition) is 3. The number of rotatable bonds is 11. The van der Waals surface area contributed by atoms with Gasteiger partial charge in [0.05, 0.1) is 0 Å². The second-order valence-electron chi connectivity index (χ2n) is 9.71. The SMILES string of the molecule is c1ccc(Nc2ccc(OB(Oc3ccc(Nc4ccccc4)cc3)c3ccc(Nc4ccccc4)cc3)cc2)cc1. The highest BCUT2D eigenvalue weighted by atomic mass is 16.6. The molecule has 0 aliphatic carbocycles. The van der Waals surface area contributed by atoms with Crippen molar-refractivity contribution in [3.8, 4) is 11.5 Å². The Bertz CT molecular complexity index is 1580. The summed E-state index contributed by atoms with van der Waals surface area (Å²) in [5.74, 6) is 1.40. The highest BCUT2D eigenvalue weighted by molar-refractivity contribution is 6.62. The lowest BCUT2D eigenvalue weighted by molar-refractivity contribution is 0.439. The van der Waals surface area contributed by atoms with Crippen LogP contribution in [-0.2, 0) is 0 Å². The maximum absolute atomic E-state index is 6.41. The van der Waals surface area contributed by atoms with E-state index in [1.807, 2.05) is 164 Å². The van der Waals surface area contributed by atoms with Gasteiger partial charge < -0.3 is 25.3 Å². The Hall–Kier alpha value is -5.62. The molecule has 0 bridgehead atoms. The minimum absolute atomic E-state index is 0.656. The Morgan fingerprint density at radius 2 is 0.595 bits per heavy atom. The molecule has 6 aromatic rings. The first-order valence-electron chi connectivity index (χ1n) is 13.9. The minimum Gasteiger partial charge on any atom is -0.522 e. The van der Waals surface area contributed by atoms with Crippen molar-refractivity contribution in [2.75, 3.05) is 16.0 Å². The van der Waals surface area contributed by atoms with Gasteiger partial charge in [-0.3, -0.25) is 0 Å². The molecular weight excluding hydrogens is 517 g/mol. The highest BCUT2D eigenvalue weighted by Crippen LogP contribution is 2.23.